The van der Waals surface area contributed by atoms with Gasteiger partial charge in [0.25, 0.3) is 0 Å². The van der Waals surface area contributed by atoms with E-state index in [9.17, 15) is 4.79 Å². The van der Waals surface area contributed by atoms with E-state index in [1.54, 1.807) is 0 Å². The minimum Gasteiger partial charge on any atom is -0.352 e. The van der Waals surface area contributed by atoms with Gasteiger partial charge >= 0.3 is 6.03 Å². The van der Waals surface area contributed by atoms with Gasteiger partial charge in [0.2, 0.25) is 0 Å². The third-order valence-corrected chi connectivity index (χ3v) is 2.99. The van der Waals surface area contributed by atoms with Crippen LogP contribution in [0.25, 0.3) is 11.1 Å². The van der Waals surface area contributed by atoms with E-state index in [4.69, 9.17) is 5.73 Å². The maximum absolute atomic E-state index is 10.5. The molecule has 0 atom stereocenters. The summed E-state index contributed by atoms with van der Waals surface area (Å²) in [5.41, 5.74) is 8.62. The molecule has 104 valence electrons. The molecule has 0 bridgehead atoms. The minimum atomic E-state index is -0.487. The van der Waals surface area contributed by atoms with E-state index in [2.05, 4.69) is 47.0 Å². The average Bonchev–Trinajstić information content (AvgIpc) is 2.48. The molecule has 20 heavy (non-hydrogen) atoms. The summed E-state index contributed by atoms with van der Waals surface area (Å²) in [6.45, 7) is 2.01. The van der Waals surface area contributed by atoms with Crippen LogP contribution < -0.4 is 16.4 Å². The van der Waals surface area contributed by atoms with Crippen molar-refractivity contribution in [2.75, 3.05) is 13.1 Å². The highest BCUT2D eigenvalue weighted by Crippen LogP contribution is 2.18. The van der Waals surface area contributed by atoms with Crippen molar-refractivity contribution in [2.45, 2.75) is 6.54 Å². The molecule has 0 aliphatic heterocycles. The van der Waals surface area contributed by atoms with Gasteiger partial charge in [0.1, 0.15) is 0 Å². The summed E-state index contributed by atoms with van der Waals surface area (Å²) < 4.78 is 0. The van der Waals surface area contributed by atoms with E-state index in [0.29, 0.717) is 13.1 Å². The second-order valence-corrected chi connectivity index (χ2v) is 4.53. The maximum atomic E-state index is 10.5. The molecule has 0 saturated carbocycles. The predicted octanol–water partition coefficient (Wildman–Crippen LogP) is 2.11. The molecule has 0 heterocycles. The first-order chi connectivity index (χ1) is 9.75. The monoisotopic (exact) mass is 269 g/mol. The first kappa shape index (κ1) is 14.1. The number of nitrogens with one attached hydrogen (secondary N) is 2. The fourth-order valence-electron chi connectivity index (χ4n) is 1.95. The molecule has 0 aliphatic rings. The van der Waals surface area contributed by atoms with Crippen LogP contribution >= 0.6 is 0 Å². The van der Waals surface area contributed by atoms with Crippen molar-refractivity contribution in [1.29, 1.82) is 0 Å². The number of carbonyl (C=O) groups excluding carboxylic acids is 1. The summed E-state index contributed by atoms with van der Waals surface area (Å²) in [6.07, 6.45) is 0. The summed E-state index contributed by atoms with van der Waals surface area (Å²) >= 11 is 0. The second-order valence-electron chi connectivity index (χ2n) is 4.53. The predicted molar refractivity (Wildman–Crippen MR) is 81.2 cm³/mol. The Bertz CT molecular complexity index is 537. The molecule has 0 radical (unpaired) electrons. The maximum Gasteiger partial charge on any atom is 0.312 e. The van der Waals surface area contributed by atoms with Gasteiger partial charge in [-0.2, -0.15) is 0 Å². The van der Waals surface area contributed by atoms with Crippen LogP contribution in [0.15, 0.2) is 54.6 Å². The zero-order valence-electron chi connectivity index (χ0n) is 11.3. The standard InChI is InChI=1S/C16H19N3O/c17-16(20)19-11-10-18-12-13-6-8-15(9-7-13)14-4-2-1-3-5-14/h1-9,18H,10-12H2,(H3,17,19,20). The Hall–Kier alpha value is -2.33. The molecule has 0 unspecified atom stereocenters. The first-order valence-corrected chi connectivity index (χ1v) is 6.64. The highest BCUT2D eigenvalue weighted by atomic mass is 16.2. The van der Waals surface area contributed by atoms with Crippen molar-refractivity contribution >= 4 is 6.03 Å². The van der Waals surface area contributed by atoms with Crippen molar-refractivity contribution in [1.82, 2.24) is 10.6 Å². The zero-order chi connectivity index (χ0) is 14.2. The minimum absolute atomic E-state index is 0.487. The normalized spacial score (nSPS) is 10.2. The fourth-order valence-corrected chi connectivity index (χ4v) is 1.95. The van der Waals surface area contributed by atoms with Gasteiger partial charge in [0.15, 0.2) is 0 Å². The topological polar surface area (TPSA) is 67.2 Å². The molecule has 0 fully saturated rings. The number of hydrogen-bond acceptors (Lipinski definition) is 2. The van der Waals surface area contributed by atoms with E-state index in [1.165, 1.54) is 16.7 Å². The molecule has 0 aromatic heterocycles. The lowest BCUT2D eigenvalue weighted by Gasteiger charge is -2.07. The second kappa shape index (κ2) is 7.31. The van der Waals surface area contributed by atoms with Gasteiger partial charge in [-0.1, -0.05) is 54.6 Å². The number of nitrogens with two attached hydrogens (primary N) is 1. The van der Waals surface area contributed by atoms with Crippen molar-refractivity contribution in [2.24, 2.45) is 5.73 Å². The summed E-state index contributed by atoms with van der Waals surface area (Å²) in [4.78, 5) is 10.5. The average molecular weight is 269 g/mol. The molecule has 2 amide bonds. The Kier molecular flexibility index (Phi) is 5.15. The lowest BCUT2D eigenvalue weighted by atomic mass is 10.0. The van der Waals surface area contributed by atoms with Crippen LogP contribution in [0.4, 0.5) is 4.79 Å². The van der Waals surface area contributed by atoms with Crippen molar-refractivity contribution in [3.8, 4) is 11.1 Å². The Balaban J connectivity index is 1.82. The fraction of sp³-hybridized carbons (Fsp3) is 0.188. The molecular weight excluding hydrogens is 250 g/mol. The van der Waals surface area contributed by atoms with Crippen LogP contribution in [-0.2, 0) is 6.54 Å². The largest absolute Gasteiger partial charge is 0.352 e. The molecule has 4 nitrogen and oxygen atoms in total. The lowest BCUT2D eigenvalue weighted by Crippen LogP contribution is -2.35. The van der Waals surface area contributed by atoms with Crippen molar-refractivity contribution in [3.63, 3.8) is 0 Å². The lowest BCUT2D eigenvalue weighted by molar-refractivity contribution is 0.249. The Morgan fingerprint density at radius 3 is 2.20 bits per heavy atom. The molecule has 2 aromatic rings. The Labute approximate surface area is 119 Å². The summed E-state index contributed by atoms with van der Waals surface area (Å²) in [7, 11) is 0. The van der Waals surface area contributed by atoms with Crippen LogP contribution in [-0.4, -0.2) is 19.1 Å². The van der Waals surface area contributed by atoms with Crippen LogP contribution in [0.3, 0.4) is 0 Å². The third kappa shape index (κ3) is 4.40. The number of rotatable bonds is 6. The van der Waals surface area contributed by atoms with Crippen LogP contribution in [0.1, 0.15) is 5.56 Å². The summed E-state index contributed by atoms with van der Waals surface area (Å²) in [6, 6.07) is 18.3. The molecule has 0 spiro atoms. The van der Waals surface area contributed by atoms with Gasteiger partial charge in [0, 0.05) is 19.6 Å². The number of amides is 2. The summed E-state index contributed by atoms with van der Waals surface area (Å²) in [5.74, 6) is 0. The highest BCUT2D eigenvalue weighted by molar-refractivity contribution is 5.71. The van der Waals surface area contributed by atoms with Gasteiger partial charge in [-0.3, -0.25) is 0 Å². The van der Waals surface area contributed by atoms with E-state index < -0.39 is 6.03 Å². The van der Waals surface area contributed by atoms with Gasteiger partial charge in [-0.25, -0.2) is 4.79 Å². The molecule has 4 N–H and O–H groups in total. The quantitative estimate of drug-likeness (QED) is 0.703. The van der Waals surface area contributed by atoms with Crippen LogP contribution in [0, 0.1) is 0 Å². The van der Waals surface area contributed by atoms with E-state index in [0.717, 1.165) is 6.54 Å². The molecular formula is C16H19N3O. The van der Waals surface area contributed by atoms with Crippen LogP contribution in [0.2, 0.25) is 0 Å². The van der Waals surface area contributed by atoms with E-state index in [1.807, 2.05) is 18.2 Å². The SMILES string of the molecule is NC(=O)NCCNCc1ccc(-c2ccccc2)cc1. The smallest absolute Gasteiger partial charge is 0.312 e. The molecule has 0 aliphatic carbocycles. The van der Waals surface area contributed by atoms with Gasteiger partial charge < -0.3 is 16.4 Å². The number of hydrogen-bond donors (Lipinski definition) is 3. The third-order valence-electron chi connectivity index (χ3n) is 2.99. The molecule has 0 saturated heterocycles. The van der Waals surface area contributed by atoms with Crippen LogP contribution in [0.5, 0.6) is 0 Å². The molecule has 4 heteroatoms. The van der Waals surface area contributed by atoms with E-state index >= 15 is 0 Å². The highest BCUT2D eigenvalue weighted by Gasteiger charge is 1.97. The van der Waals surface area contributed by atoms with Crippen molar-refractivity contribution in [3.05, 3.63) is 60.2 Å². The number of urea groups is 1. The van der Waals surface area contributed by atoms with Crippen molar-refractivity contribution < 1.29 is 4.79 Å². The summed E-state index contributed by atoms with van der Waals surface area (Å²) in [5, 5.41) is 5.78. The van der Waals surface area contributed by atoms with Gasteiger partial charge in [-0.15, -0.1) is 0 Å². The number of benzene rings is 2. The zero-order valence-corrected chi connectivity index (χ0v) is 11.3. The van der Waals surface area contributed by atoms with E-state index in [-0.39, 0.29) is 0 Å². The molecule has 2 aromatic carbocycles. The Morgan fingerprint density at radius 1 is 0.900 bits per heavy atom. The first-order valence-electron chi connectivity index (χ1n) is 6.64. The molecule has 2 rings (SSSR count). The number of primary amides is 1. The van der Waals surface area contributed by atoms with Gasteiger partial charge in [-0.05, 0) is 16.7 Å². The number of carbonyl (C=O) groups is 1. The Morgan fingerprint density at radius 2 is 1.55 bits per heavy atom. The van der Waals surface area contributed by atoms with Gasteiger partial charge in [0.05, 0.1) is 0 Å².